The molecule has 0 saturated carbocycles. The van der Waals surface area contributed by atoms with Crippen LogP contribution in [0.4, 0.5) is 9.18 Å². The monoisotopic (exact) mass is 496 g/mol. The highest BCUT2D eigenvalue weighted by Gasteiger charge is 2.60. The summed E-state index contributed by atoms with van der Waals surface area (Å²) in [6.45, 7) is 6.69. The third-order valence-corrected chi connectivity index (χ3v) is 6.94. The zero-order valence-electron chi connectivity index (χ0n) is 21.3. The van der Waals surface area contributed by atoms with Gasteiger partial charge in [0.15, 0.2) is 11.6 Å². The van der Waals surface area contributed by atoms with E-state index in [1.807, 2.05) is 20.9 Å². The number of hydrogen-bond donors (Lipinski definition) is 3. The van der Waals surface area contributed by atoms with Gasteiger partial charge in [-0.1, -0.05) is 26.0 Å². The molecule has 9 heteroatoms. The maximum atomic E-state index is 15.4. The number of nitrogens with one attached hydrogen (secondary N) is 2. The molecule has 0 radical (unpaired) electrons. The summed E-state index contributed by atoms with van der Waals surface area (Å²) in [4.78, 5) is 33.5. The van der Waals surface area contributed by atoms with Gasteiger partial charge in [0.05, 0.1) is 7.11 Å². The van der Waals surface area contributed by atoms with E-state index in [0.717, 1.165) is 0 Å². The van der Waals surface area contributed by atoms with Crippen LogP contribution in [0.25, 0.3) is 10.9 Å². The van der Waals surface area contributed by atoms with Crippen LogP contribution in [0.1, 0.15) is 50.1 Å². The summed E-state index contributed by atoms with van der Waals surface area (Å²) in [5, 5.41) is 13.6. The molecule has 0 spiro atoms. The van der Waals surface area contributed by atoms with Crippen LogP contribution in [-0.4, -0.2) is 64.6 Å². The van der Waals surface area contributed by atoms with Crippen molar-refractivity contribution < 1.29 is 23.8 Å². The van der Waals surface area contributed by atoms with Crippen LogP contribution in [0, 0.1) is 5.82 Å². The van der Waals surface area contributed by atoms with Crippen molar-refractivity contribution in [3.63, 3.8) is 0 Å². The summed E-state index contributed by atoms with van der Waals surface area (Å²) >= 11 is 0. The van der Waals surface area contributed by atoms with Crippen molar-refractivity contribution in [1.29, 1.82) is 0 Å². The van der Waals surface area contributed by atoms with Gasteiger partial charge in [0.2, 0.25) is 0 Å². The van der Waals surface area contributed by atoms with Crippen LogP contribution in [0.3, 0.4) is 0 Å². The van der Waals surface area contributed by atoms with E-state index < -0.39 is 17.4 Å². The van der Waals surface area contributed by atoms with E-state index in [4.69, 9.17) is 4.74 Å². The Hall–Kier alpha value is -3.59. The van der Waals surface area contributed by atoms with E-state index in [1.165, 1.54) is 12.0 Å². The maximum absolute atomic E-state index is 15.4. The van der Waals surface area contributed by atoms with Crippen molar-refractivity contribution >= 4 is 22.8 Å². The second kappa shape index (κ2) is 9.81. The summed E-state index contributed by atoms with van der Waals surface area (Å²) in [6.07, 6.45) is 0.781. The van der Waals surface area contributed by atoms with E-state index >= 15 is 4.39 Å². The number of phenolic OH excluding ortho intramolecular Hbond substituents is 1. The molecule has 1 saturated heterocycles. The number of aromatic hydroxyl groups is 1. The predicted octanol–water partition coefficient (Wildman–Crippen LogP) is 4.33. The van der Waals surface area contributed by atoms with Crippen molar-refractivity contribution in [1.82, 2.24) is 20.1 Å². The Bertz CT molecular complexity index is 1310. The van der Waals surface area contributed by atoms with E-state index in [-0.39, 0.29) is 36.4 Å². The second-order valence-electron chi connectivity index (χ2n) is 9.04. The second-order valence-corrected chi connectivity index (χ2v) is 9.04. The lowest BCUT2D eigenvalue weighted by atomic mass is 9.81. The van der Waals surface area contributed by atoms with Gasteiger partial charge in [-0.2, -0.15) is 0 Å². The number of aromatic amines is 1. The summed E-state index contributed by atoms with van der Waals surface area (Å²) in [5.74, 6) is -0.661. The smallest absolute Gasteiger partial charge is 0.328 e. The molecule has 3 amide bonds. The van der Waals surface area contributed by atoms with Crippen molar-refractivity contribution in [3.05, 3.63) is 59.0 Å². The average molecular weight is 497 g/mol. The molecule has 2 atom stereocenters. The Labute approximate surface area is 210 Å². The molecular weight excluding hydrogens is 463 g/mol. The van der Waals surface area contributed by atoms with Gasteiger partial charge in [-0.15, -0.1) is 0 Å². The highest BCUT2D eigenvalue weighted by Crippen LogP contribution is 2.49. The highest BCUT2D eigenvalue weighted by molar-refractivity contribution is 6.08. The molecule has 2 aliphatic rings. The molecule has 0 bridgehead atoms. The number of nitrogens with zero attached hydrogens (tertiary/aromatic N) is 2. The largest absolute Gasteiger partial charge is 0.508 e. The number of methoxy groups -OCH3 is 1. The molecular formula is C27H33FN4O4. The van der Waals surface area contributed by atoms with Gasteiger partial charge >= 0.3 is 6.03 Å². The fraction of sp³-hybridized carbons (Fsp3) is 0.407. The molecule has 1 fully saturated rings. The average Bonchev–Trinajstić information content (AvgIpc) is 3.32. The number of ether oxygens (including phenoxy) is 1. The van der Waals surface area contributed by atoms with Crippen LogP contribution in [0.15, 0.2) is 36.4 Å². The zero-order valence-corrected chi connectivity index (χ0v) is 21.3. The Morgan fingerprint density at radius 2 is 2.00 bits per heavy atom. The lowest BCUT2D eigenvalue weighted by Gasteiger charge is -2.42. The number of fused-ring (bicyclic) bond motifs is 4. The first kappa shape index (κ1) is 25.5. The van der Waals surface area contributed by atoms with Gasteiger partial charge in [-0.25, -0.2) is 9.18 Å². The molecule has 0 unspecified atom stereocenters. The minimum atomic E-state index is -1.20. The number of amides is 3. The summed E-state index contributed by atoms with van der Waals surface area (Å²) < 4.78 is 20.6. The zero-order chi connectivity index (χ0) is 26.2. The van der Waals surface area contributed by atoms with Gasteiger partial charge in [0, 0.05) is 29.6 Å². The molecule has 8 nitrogen and oxygen atoms in total. The molecule has 3 N–H and O–H groups in total. The highest BCUT2D eigenvalue weighted by atomic mass is 19.1. The molecule has 2 aliphatic heterocycles. The molecule has 3 aromatic rings. The van der Waals surface area contributed by atoms with Crippen molar-refractivity contribution in [2.75, 3.05) is 27.2 Å². The Balaban J connectivity index is 0.00000148. The number of carbonyl (C=O) groups is 2. The van der Waals surface area contributed by atoms with Crippen LogP contribution < -0.4 is 10.1 Å². The van der Waals surface area contributed by atoms with Gasteiger partial charge in [-0.05, 0) is 62.3 Å². The minimum Gasteiger partial charge on any atom is -0.508 e. The minimum absolute atomic E-state index is 0.0409. The van der Waals surface area contributed by atoms with E-state index in [2.05, 4.69) is 10.3 Å². The Morgan fingerprint density at radius 3 is 2.67 bits per heavy atom. The van der Waals surface area contributed by atoms with Crippen molar-refractivity contribution in [3.8, 4) is 11.5 Å². The van der Waals surface area contributed by atoms with Gasteiger partial charge in [-0.3, -0.25) is 14.6 Å². The summed E-state index contributed by atoms with van der Waals surface area (Å²) in [5.41, 5.74) is 1.25. The summed E-state index contributed by atoms with van der Waals surface area (Å²) in [7, 11) is 3.22. The van der Waals surface area contributed by atoms with Gasteiger partial charge < -0.3 is 20.1 Å². The molecule has 2 aromatic carbocycles. The molecule has 192 valence electrons. The van der Waals surface area contributed by atoms with Crippen LogP contribution in [0.2, 0.25) is 0 Å². The normalized spacial score (nSPS) is 20.8. The number of urea groups is 1. The number of halogens is 1. The quantitative estimate of drug-likeness (QED) is 0.349. The first-order valence-electron chi connectivity index (χ1n) is 12.3. The predicted molar refractivity (Wildman–Crippen MR) is 136 cm³/mol. The number of H-pyrrole nitrogens is 1. The van der Waals surface area contributed by atoms with Crippen molar-refractivity contribution in [2.24, 2.45) is 0 Å². The van der Waals surface area contributed by atoms with E-state index in [9.17, 15) is 14.7 Å². The topological polar surface area (TPSA) is 97.9 Å². The number of imide groups is 1. The lowest BCUT2D eigenvalue weighted by molar-refractivity contribution is -0.133. The third kappa shape index (κ3) is 3.78. The Morgan fingerprint density at radius 1 is 1.25 bits per heavy atom. The molecule has 36 heavy (non-hydrogen) atoms. The number of benzene rings is 2. The molecule has 5 rings (SSSR count). The van der Waals surface area contributed by atoms with E-state index in [0.29, 0.717) is 40.7 Å². The van der Waals surface area contributed by atoms with Crippen LogP contribution >= 0.6 is 0 Å². The number of carbonyl (C=O) groups excluding carboxylic acids is 2. The third-order valence-electron chi connectivity index (χ3n) is 6.94. The molecule has 1 aromatic heterocycles. The SMILES string of the molecule is CC.CNCCCN1C(=O)N2[C@H](c3cccc(O)c3)c3[nH]c4ccc(OC)c(F)c4c3C[C@@]2(C)C1=O. The lowest BCUT2D eigenvalue weighted by Crippen LogP contribution is -2.53. The standard InChI is InChI=1S/C25H27FN4O4.C2H6/c1-25-13-16-19-17(8-9-18(34-3)20(19)26)28-21(16)22(14-6-4-7-15(31)12-14)30(25)24(33)29(23(25)32)11-5-10-27-2;1-2/h4,6-9,12,22,27-28,31H,5,10-11,13H2,1-3H3;1-2H3/t22-,25+;/m1./s1. The number of aromatic nitrogens is 1. The summed E-state index contributed by atoms with van der Waals surface area (Å²) in [6, 6.07) is 8.79. The van der Waals surface area contributed by atoms with Crippen molar-refractivity contribution in [2.45, 2.75) is 45.2 Å². The molecule has 3 heterocycles. The number of phenols is 1. The fourth-order valence-electron chi connectivity index (χ4n) is 5.36. The fourth-order valence-corrected chi connectivity index (χ4v) is 5.36. The Kier molecular flexibility index (Phi) is 6.95. The van der Waals surface area contributed by atoms with Crippen LogP contribution in [0.5, 0.6) is 11.5 Å². The van der Waals surface area contributed by atoms with Crippen LogP contribution in [-0.2, 0) is 11.2 Å². The van der Waals surface area contributed by atoms with Gasteiger partial charge in [0.1, 0.15) is 17.3 Å². The van der Waals surface area contributed by atoms with Gasteiger partial charge in [0.25, 0.3) is 5.91 Å². The number of hydrogen-bond acceptors (Lipinski definition) is 5. The molecule has 0 aliphatic carbocycles. The first-order chi connectivity index (χ1) is 17.3. The first-order valence-corrected chi connectivity index (χ1v) is 12.3. The number of rotatable bonds is 6. The van der Waals surface area contributed by atoms with E-state index in [1.54, 1.807) is 48.2 Å². The maximum Gasteiger partial charge on any atom is 0.328 e.